The summed E-state index contributed by atoms with van der Waals surface area (Å²) in [7, 11) is -1.85. The van der Waals surface area contributed by atoms with Gasteiger partial charge in [-0.05, 0) is 42.5 Å². The minimum Gasteiger partial charge on any atom is -0.365 e. The van der Waals surface area contributed by atoms with Crippen LogP contribution < -0.4 is 9.62 Å². The van der Waals surface area contributed by atoms with Crippen LogP contribution in [0, 0.1) is 0 Å². The molecule has 1 atom stereocenters. The Balaban J connectivity index is 1.64. The van der Waals surface area contributed by atoms with E-state index < -0.39 is 10.0 Å². The molecule has 0 spiro atoms. The minimum absolute atomic E-state index is 0.101. The van der Waals surface area contributed by atoms with Crippen molar-refractivity contribution >= 4 is 44.2 Å². The first-order chi connectivity index (χ1) is 14.3. The second kappa shape index (κ2) is 8.37. The molecule has 1 aliphatic rings. The molecule has 0 amide bonds. The molecule has 11 heteroatoms. The first-order valence-corrected chi connectivity index (χ1v) is 11.9. The van der Waals surface area contributed by atoms with Gasteiger partial charge in [0.2, 0.25) is 15.3 Å². The Morgan fingerprint density at radius 2 is 2.10 bits per heavy atom. The fourth-order valence-corrected chi connectivity index (χ4v) is 4.19. The zero-order chi connectivity index (χ0) is 21.3. The van der Waals surface area contributed by atoms with E-state index in [-0.39, 0.29) is 11.5 Å². The van der Waals surface area contributed by atoms with E-state index in [9.17, 15) is 8.42 Å². The summed E-state index contributed by atoms with van der Waals surface area (Å²) in [6, 6.07) is 7.29. The van der Waals surface area contributed by atoms with E-state index in [2.05, 4.69) is 20.4 Å². The molecule has 1 fully saturated rings. The number of halogens is 1. The normalized spacial score (nSPS) is 17.2. The molecule has 30 heavy (non-hydrogen) atoms. The van der Waals surface area contributed by atoms with Crippen molar-refractivity contribution in [3.8, 4) is 0 Å². The van der Waals surface area contributed by atoms with Gasteiger partial charge in [-0.3, -0.25) is 4.31 Å². The smallest absolute Gasteiger partial charge is 0.232 e. The zero-order valence-corrected chi connectivity index (χ0v) is 18.3. The van der Waals surface area contributed by atoms with Gasteiger partial charge in [-0.1, -0.05) is 18.2 Å². The lowest BCUT2D eigenvalue weighted by molar-refractivity contribution is -0.0370. The Labute approximate surface area is 180 Å². The van der Waals surface area contributed by atoms with E-state index in [1.807, 2.05) is 12.1 Å². The maximum Gasteiger partial charge on any atom is 0.232 e. The molecule has 1 aliphatic heterocycles. The van der Waals surface area contributed by atoms with Crippen LogP contribution in [0.3, 0.4) is 0 Å². The second-order valence-electron chi connectivity index (χ2n) is 7.20. The van der Waals surface area contributed by atoms with E-state index in [1.165, 1.54) is 17.6 Å². The van der Waals surface area contributed by atoms with Gasteiger partial charge in [0.1, 0.15) is 5.82 Å². The van der Waals surface area contributed by atoms with Crippen molar-refractivity contribution in [3.05, 3.63) is 41.3 Å². The van der Waals surface area contributed by atoms with Crippen LogP contribution in [0.5, 0.6) is 0 Å². The summed E-state index contributed by atoms with van der Waals surface area (Å²) in [6.07, 6.45) is 5.68. The van der Waals surface area contributed by atoms with Crippen molar-refractivity contribution in [1.82, 2.24) is 19.7 Å². The summed E-state index contributed by atoms with van der Waals surface area (Å²) < 4.78 is 32.8. The number of nitrogens with one attached hydrogen (secondary N) is 1. The number of aromatic nitrogens is 4. The van der Waals surface area contributed by atoms with Gasteiger partial charge >= 0.3 is 0 Å². The molecule has 160 valence electrons. The van der Waals surface area contributed by atoms with E-state index >= 15 is 0 Å². The molecule has 3 heterocycles. The number of rotatable bonds is 6. The molecule has 0 radical (unpaired) electrons. The lowest BCUT2D eigenvalue weighted by Gasteiger charge is -2.23. The standard InChI is InChI=1S/C19H23ClN6O3S/c1-25(30(2,27)28)15-8-4-3-7-13(15)11-21-17-14-12-22-26(16-9-5-6-10-29-16)18(14)24-19(20)23-17/h3-4,7-8,12,16H,5-6,9-11H2,1-2H3,(H,21,23,24). The van der Waals surface area contributed by atoms with Crippen LogP contribution in [0.1, 0.15) is 31.1 Å². The van der Waals surface area contributed by atoms with E-state index in [4.69, 9.17) is 16.3 Å². The summed E-state index contributed by atoms with van der Waals surface area (Å²) in [5.41, 5.74) is 2.00. The first-order valence-electron chi connectivity index (χ1n) is 9.62. The van der Waals surface area contributed by atoms with Crippen LogP contribution in [0.2, 0.25) is 5.28 Å². The maximum atomic E-state index is 12.0. The van der Waals surface area contributed by atoms with Crippen LogP contribution in [-0.4, -0.2) is 48.1 Å². The Hall–Kier alpha value is -2.43. The molecule has 1 saturated heterocycles. The van der Waals surface area contributed by atoms with Crippen LogP contribution in [0.15, 0.2) is 30.5 Å². The number of anilines is 2. The van der Waals surface area contributed by atoms with Crippen molar-refractivity contribution in [3.63, 3.8) is 0 Å². The van der Waals surface area contributed by atoms with Gasteiger partial charge in [0.15, 0.2) is 11.9 Å². The summed E-state index contributed by atoms with van der Waals surface area (Å²) in [5.74, 6) is 0.531. The Morgan fingerprint density at radius 3 is 2.83 bits per heavy atom. The van der Waals surface area contributed by atoms with Gasteiger partial charge in [-0.15, -0.1) is 0 Å². The largest absolute Gasteiger partial charge is 0.365 e. The molecule has 1 N–H and O–H groups in total. The fraction of sp³-hybridized carbons (Fsp3) is 0.421. The second-order valence-corrected chi connectivity index (χ2v) is 9.55. The highest BCUT2D eigenvalue weighted by Crippen LogP contribution is 2.29. The number of sulfonamides is 1. The minimum atomic E-state index is -3.38. The van der Waals surface area contributed by atoms with Gasteiger partial charge in [-0.2, -0.15) is 15.1 Å². The van der Waals surface area contributed by atoms with E-state index in [0.29, 0.717) is 30.3 Å². The summed E-state index contributed by atoms with van der Waals surface area (Å²) in [5, 5.41) is 8.54. The van der Waals surface area contributed by atoms with Gasteiger partial charge in [0, 0.05) is 20.2 Å². The average Bonchev–Trinajstić information content (AvgIpc) is 3.15. The third-order valence-corrected chi connectivity index (χ3v) is 6.49. The van der Waals surface area contributed by atoms with Crippen LogP contribution >= 0.6 is 11.6 Å². The van der Waals surface area contributed by atoms with Gasteiger partial charge < -0.3 is 10.1 Å². The lowest BCUT2D eigenvalue weighted by atomic mass is 10.1. The highest BCUT2D eigenvalue weighted by molar-refractivity contribution is 7.92. The molecule has 1 aromatic carbocycles. The molecule has 3 aromatic rings. The summed E-state index contributed by atoms with van der Waals surface area (Å²) in [4.78, 5) is 8.67. The highest BCUT2D eigenvalue weighted by atomic mass is 35.5. The summed E-state index contributed by atoms with van der Waals surface area (Å²) >= 11 is 6.18. The van der Waals surface area contributed by atoms with Crippen molar-refractivity contribution in [2.75, 3.05) is 29.5 Å². The molecule has 0 aliphatic carbocycles. The van der Waals surface area contributed by atoms with Gasteiger partial charge in [0.05, 0.1) is 23.5 Å². The van der Waals surface area contributed by atoms with Crippen LogP contribution in [-0.2, 0) is 21.3 Å². The number of nitrogens with zero attached hydrogens (tertiary/aromatic N) is 5. The van der Waals surface area contributed by atoms with Crippen molar-refractivity contribution in [2.24, 2.45) is 0 Å². The average molecular weight is 451 g/mol. The van der Waals surface area contributed by atoms with E-state index in [0.717, 1.165) is 30.2 Å². The molecule has 2 aromatic heterocycles. The van der Waals surface area contributed by atoms with Crippen LogP contribution in [0.25, 0.3) is 11.0 Å². The first kappa shape index (κ1) is 20.8. The fourth-order valence-electron chi connectivity index (χ4n) is 3.49. The predicted octanol–water partition coefficient (Wildman–Crippen LogP) is 3.19. The van der Waals surface area contributed by atoms with Crippen molar-refractivity contribution in [1.29, 1.82) is 0 Å². The lowest BCUT2D eigenvalue weighted by Crippen LogP contribution is -2.26. The topological polar surface area (TPSA) is 102 Å². The highest BCUT2D eigenvalue weighted by Gasteiger charge is 2.22. The number of fused-ring (bicyclic) bond motifs is 1. The molecule has 9 nitrogen and oxygen atoms in total. The van der Waals surface area contributed by atoms with Crippen molar-refractivity contribution < 1.29 is 13.2 Å². The Bertz CT molecular complexity index is 1160. The van der Waals surface area contributed by atoms with Gasteiger partial charge in [-0.25, -0.2) is 13.1 Å². The SMILES string of the molecule is CN(c1ccccc1CNc1nc(Cl)nc2c1cnn2C1CCCCO1)S(C)(=O)=O. The van der Waals surface area contributed by atoms with E-state index in [1.54, 1.807) is 23.0 Å². The van der Waals surface area contributed by atoms with Gasteiger partial charge in [0.25, 0.3) is 0 Å². The van der Waals surface area contributed by atoms with Crippen molar-refractivity contribution in [2.45, 2.75) is 32.0 Å². The number of para-hydroxylation sites is 1. The quantitative estimate of drug-likeness (QED) is 0.575. The molecule has 0 saturated carbocycles. The maximum absolute atomic E-state index is 12.0. The molecule has 0 bridgehead atoms. The third kappa shape index (κ3) is 4.21. The van der Waals surface area contributed by atoms with Crippen LogP contribution in [0.4, 0.5) is 11.5 Å². The molecule has 4 rings (SSSR count). The summed E-state index contributed by atoms with van der Waals surface area (Å²) in [6.45, 7) is 1.05. The number of benzene rings is 1. The number of ether oxygens (including phenoxy) is 1. The monoisotopic (exact) mass is 450 g/mol. The number of hydrogen-bond acceptors (Lipinski definition) is 7. The predicted molar refractivity (Wildman–Crippen MR) is 116 cm³/mol. The molecular formula is C19H23ClN6O3S. The molecular weight excluding hydrogens is 428 g/mol. The Morgan fingerprint density at radius 1 is 1.30 bits per heavy atom. The Kier molecular flexibility index (Phi) is 5.81. The molecule has 1 unspecified atom stereocenters. The number of hydrogen-bond donors (Lipinski definition) is 1. The third-order valence-electron chi connectivity index (χ3n) is 5.13. The zero-order valence-electron chi connectivity index (χ0n) is 16.7.